The number of hydrogen-bond acceptors (Lipinski definition) is 3. The van der Waals surface area contributed by atoms with E-state index in [1.165, 1.54) is 0 Å². The maximum atomic E-state index is 12.0. The Bertz CT molecular complexity index is 431. The maximum absolute atomic E-state index is 12.0. The topological polar surface area (TPSA) is 38.8 Å². The Morgan fingerprint density at radius 1 is 1.35 bits per heavy atom. The summed E-state index contributed by atoms with van der Waals surface area (Å²) in [7, 11) is 1.80. The van der Waals surface area contributed by atoms with Gasteiger partial charge in [-0.25, -0.2) is 0 Å². The smallest absolute Gasteiger partial charge is 0.253 e. The van der Waals surface area contributed by atoms with Crippen molar-refractivity contribution in [3.8, 4) is 11.5 Å². The normalized spacial score (nSPS) is 17.0. The average molecular weight is 235 g/mol. The molecule has 0 aliphatic carbocycles. The summed E-state index contributed by atoms with van der Waals surface area (Å²) < 4.78 is 10.8. The lowest BCUT2D eigenvalue weighted by molar-refractivity contribution is 0.0676. The third-order valence-electron chi connectivity index (χ3n) is 2.68. The van der Waals surface area contributed by atoms with E-state index in [1.807, 2.05) is 13.8 Å². The predicted octanol–water partition coefficient (Wildman–Crippen LogP) is 2.29. The fourth-order valence-corrected chi connectivity index (χ4v) is 1.87. The van der Waals surface area contributed by atoms with Gasteiger partial charge in [0, 0.05) is 26.1 Å². The molecular formula is C13H17NO3. The summed E-state index contributed by atoms with van der Waals surface area (Å²) in [6.45, 7) is 4.62. The highest BCUT2D eigenvalue weighted by Gasteiger charge is 2.22. The number of ether oxygens (including phenoxy) is 2. The molecule has 0 N–H and O–H groups in total. The molecule has 0 saturated heterocycles. The number of carbonyl (C=O) groups excluding carboxylic acids is 1. The Kier molecular flexibility index (Phi) is 3.22. The number of benzene rings is 1. The van der Waals surface area contributed by atoms with E-state index in [0.29, 0.717) is 17.1 Å². The lowest BCUT2D eigenvalue weighted by Gasteiger charge is -2.16. The molecule has 1 amide bonds. The molecular weight excluding hydrogens is 218 g/mol. The fraction of sp³-hybridized carbons (Fsp3) is 0.462. The third kappa shape index (κ3) is 2.35. The molecule has 4 heteroatoms. The molecule has 4 nitrogen and oxygen atoms in total. The van der Waals surface area contributed by atoms with Gasteiger partial charge in [-0.1, -0.05) is 6.92 Å². The summed E-state index contributed by atoms with van der Waals surface area (Å²) >= 11 is 0. The predicted molar refractivity (Wildman–Crippen MR) is 64.4 cm³/mol. The second-order valence-corrected chi connectivity index (χ2v) is 4.19. The molecule has 0 fully saturated rings. The minimum atomic E-state index is -0.274. The minimum absolute atomic E-state index is 0.0119. The van der Waals surface area contributed by atoms with E-state index in [4.69, 9.17) is 9.47 Å². The van der Waals surface area contributed by atoms with Crippen molar-refractivity contribution in [3.63, 3.8) is 0 Å². The van der Waals surface area contributed by atoms with Crippen molar-refractivity contribution < 1.29 is 14.3 Å². The molecule has 92 valence electrons. The first-order valence-corrected chi connectivity index (χ1v) is 5.84. The Morgan fingerprint density at radius 3 is 2.76 bits per heavy atom. The van der Waals surface area contributed by atoms with Crippen LogP contribution in [0.25, 0.3) is 0 Å². The van der Waals surface area contributed by atoms with Crippen LogP contribution in [-0.4, -0.2) is 30.7 Å². The lowest BCUT2D eigenvalue weighted by Crippen LogP contribution is -2.27. The van der Waals surface area contributed by atoms with Crippen LogP contribution in [0.2, 0.25) is 0 Å². The van der Waals surface area contributed by atoms with Gasteiger partial charge >= 0.3 is 0 Å². The summed E-state index contributed by atoms with van der Waals surface area (Å²) in [6, 6.07) is 5.30. The largest absolute Gasteiger partial charge is 0.451 e. The zero-order chi connectivity index (χ0) is 12.4. The Labute approximate surface area is 101 Å². The van der Waals surface area contributed by atoms with Crippen LogP contribution >= 0.6 is 0 Å². The summed E-state index contributed by atoms with van der Waals surface area (Å²) in [6.07, 6.45) is 0.674. The molecule has 1 aromatic rings. The number of carbonyl (C=O) groups is 1. The van der Waals surface area contributed by atoms with Gasteiger partial charge in [-0.2, -0.15) is 0 Å². The Morgan fingerprint density at radius 2 is 2.06 bits per heavy atom. The van der Waals surface area contributed by atoms with Gasteiger partial charge in [-0.05, 0) is 24.6 Å². The molecule has 0 spiro atoms. The second kappa shape index (κ2) is 4.65. The molecule has 1 aliphatic rings. The molecule has 0 saturated carbocycles. The van der Waals surface area contributed by atoms with Crippen LogP contribution in [0.15, 0.2) is 18.2 Å². The van der Waals surface area contributed by atoms with Gasteiger partial charge in [0.2, 0.25) is 6.29 Å². The monoisotopic (exact) mass is 235 g/mol. The van der Waals surface area contributed by atoms with Crippen LogP contribution in [0.3, 0.4) is 0 Å². The number of fused-ring (bicyclic) bond motifs is 1. The Balaban J connectivity index is 2.18. The van der Waals surface area contributed by atoms with Crippen LogP contribution in [0, 0.1) is 0 Å². The first-order chi connectivity index (χ1) is 8.11. The van der Waals surface area contributed by atoms with Crippen LogP contribution in [0.5, 0.6) is 11.5 Å². The highest BCUT2D eigenvalue weighted by Crippen LogP contribution is 2.35. The molecule has 1 unspecified atom stereocenters. The molecule has 1 heterocycles. The van der Waals surface area contributed by atoms with Gasteiger partial charge in [0.15, 0.2) is 11.5 Å². The van der Waals surface area contributed by atoms with Gasteiger partial charge < -0.3 is 14.4 Å². The van der Waals surface area contributed by atoms with Crippen molar-refractivity contribution in [1.82, 2.24) is 4.90 Å². The minimum Gasteiger partial charge on any atom is -0.451 e. The van der Waals surface area contributed by atoms with Crippen molar-refractivity contribution in [1.29, 1.82) is 0 Å². The molecule has 1 atom stereocenters. The van der Waals surface area contributed by atoms with Crippen LogP contribution in [-0.2, 0) is 0 Å². The number of hydrogen-bond donors (Lipinski definition) is 0. The fourth-order valence-electron chi connectivity index (χ4n) is 1.87. The summed E-state index contributed by atoms with van der Waals surface area (Å²) in [5, 5.41) is 0. The van der Waals surface area contributed by atoms with Crippen molar-refractivity contribution in [2.45, 2.75) is 26.6 Å². The van der Waals surface area contributed by atoms with Gasteiger partial charge in [-0.3, -0.25) is 4.79 Å². The van der Waals surface area contributed by atoms with Crippen molar-refractivity contribution >= 4 is 5.91 Å². The van der Waals surface area contributed by atoms with Gasteiger partial charge in [0.25, 0.3) is 5.91 Å². The molecule has 0 bridgehead atoms. The zero-order valence-corrected chi connectivity index (χ0v) is 10.4. The lowest BCUT2D eigenvalue weighted by atomic mass is 10.2. The third-order valence-corrected chi connectivity index (χ3v) is 2.68. The van der Waals surface area contributed by atoms with Gasteiger partial charge in [0.05, 0.1) is 0 Å². The second-order valence-electron chi connectivity index (χ2n) is 4.19. The van der Waals surface area contributed by atoms with Crippen LogP contribution in [0.1, 0.15) is 30.6 Å². The van der Waals surface area contributed by atoms with Crippen molar-refractivity contribution in [2.75, 3.05) is 13.6 Å². The van der Waals surface area contributed by atoms with E-state index in [0.717, 1.165) is 13.0 Å². The molecule has 17 heavy (non-hydrogen) atoms. The first-order valence-electron chi connectivity index (χ1n) is 5.84. The van der Waals surface area contributed by atoms with E-state index in [-0.39, 0.29) is 12.2 Å². The highest BCUT2D eigenvalue weighted by molar-refractivity contribution is 5.94. The van der Waals surface area contributed by atoms with Gasteiger partial charge in [-0.15, -0.1) is 0 Å². The van der Waals surface area contributed by atoms with Crippen molar-refractivity contribution in [2.24, 2.45) is 0 Å². The quantitative estimate of drug-likeness (QED) is 0.806. The molecule has 0 radical (unpaired) electrons. The molecule has 2 rings (SSSR count). The number of amides is 1. The summed E-state index contributed by atoms with van der Waals surface area (Å²) in [5.74, 6) is 1.36. The molecule has 1 aliphatic heterocycles. The zero-order valence-electron chi connectivity index (χ0n) is 10.4. The van der Waals surface area contributed by atoms with E-state index >= 15 is 0 Å². The number of nitrogens with zero attached hydrogens (tertiary/aromatic N) is 1. The summed E-state index contributed by atoms with van der Waals surface area (Å²) in [4.78, 5) is 13.8. The van der Waals surface area contributed by atoms with E-state index in [9.17, 15) is 4.79 Å². The SMILES string of the molecule is CCCN(C)C(=O)c1ccc2c(c1)OC(C)O2. The van der Waals surface area contributed by atoms with Crippen LogP contribution in [0.4, 0.5) is 0 Å². The highest BCUT2D eigenvalue weighted by atomic mass is 16.7. The number of rotatable bonds is 3. The first kappa shape index (κ1) is 11.8. The van der Waals surface area contributed by atoms with E-state index in [1.54, 1.807) is 30.1 Å². The summed E-state index contributed by atoms with van der Waals surface area (Å²) in [5.41, 5.74) is 0.636. The van der Waals surface area contributed by atoms with Crippen molar-refractivity contribution in [3.05, 3.63) is 23.8 Å². The van der Waals surface area contributed by atoms with Crippen LogP contribution < -0.4 is 9.47 Å². The maximum Gasteiger partial charge on any atom is 0.253 e. The standard InChI is InChI=1S/C13H17NO3/c1-4-7-14(3)13(15)10-5-6-11-12(8-10)17-9(2)16-11/h5-6,8-9H,4,7H2,1-3H3. The Hall–Kier alpha value is -1.71. The molecule has 0 aromatic heterocycles. The van der Waals surface area contributed by atoms with E-state index < -0.39 is 0 Å². The van der Waals surface area contributed by atoms with Gasteiger partial charge in [0.1, 0.15) is 0 Å². The average Bonchev–Trinajstić information content (AvgIpc) is 2.67. The molecule has 1 aromatic carbocycles. The van der Waals surface area contributed by atoms with E-state index in [2.05, 4.69) is 0 Å².